The number of nitrogens with one attached hydrogen (secondary N) is 1. The fourth-order valence-corrected chi connectivity index (χ4v) is 2.49. The summed E-state index contributed by atoms with van der Waals surface area (Å²) in [6, 6.07) is 2.30. The first kappa shape index (κ1) is 14.2. The summed E-state index contributed by atoms with van der Waals surface area (Å²) in [4.78, 5) is 38.9. The second kappa shape index (κ2) is 6.27. The van der Waals surface area contributed by atoms with Gasteiger partial charge in [-0.25, -0.2) is 0 Å². The number of rotatable bonds is 4. The highest BCUT2D eigenvalue weighted by atomic mass is 16.2. The van der Waals surface area contributed by atoms with Crippen LogP contribution in [0.1, 0.15) is 36.0 Å². The van der Waals surface area contributed by atoms with Gasteiger partial charge >= 0.3 is 0 Å². The van der Waals surface area contributed by atoms with Crippen molar-refractivity contribution < 1.29 is 14.4 Å². The highest BCUT2D eigenvalue weighted by Gasteiger charge is 2.32. The van der Waals surface area contributed by atoms with Crippen molar-refractivity contribution >= 4 is 17.6 Å². The molecule has 2 rings (SSSR count). The Kier molecular flexibility index (Phi) is 4.45. The Morgan fingerprint density at radius 3 is 2.65 bits per heavy atom. The molecule has 1 fully saturated rings. The summed E-state index contributed by atoms with van der Waals surface area (Å²) in [5.41, 5.74) is 5.77. The molecule has 1 aromatic heterocycles. The average Bonchev–Trinajstić information content (AvgIpc) is 2.45. The molecule has 0 saturated heterocycles. The molecular formula is C14H17N3O3. The van der Waals surface area contributed by atoms with Crippen molar-refractivity contribution in [1.82, 2.24) is 10.3 Å². The maximum absolute atomic E-state index is 12.1. The summed E-state index contributed by atoms with van der Waals surface area (Å²) < 4.78 is 0. The number of nitrogens with zero attached hydrogens (tertiary/aromatic N) is 1. The SMILES string of the molecule is NC(=O)[C@@H](NC(=O)c1ccncc1)[C@@H]1CCCC(=O)C1. The third-order valence-electron chi connectivity index (χ3n) is 3.53. The monoisotopic (exact) mass is 275 g/mol. The molecule has 1 heterocycles. The average molecular weight is 275 g/mol. The van der Waals surface area contributed by atoms with Crippen molar-refractivity contribution in [1.29, 1.82) is 0 Å². The molecule has 1 aliphatic carbocycles. The minimum atomic E-state index is -0.806. The first-order valence-electron chi connectivity index (χ1n) is 6.60. The Hall–Kier alpha value is -2.24. The van der Waals surface area contributed by atoms with E-state index >= 15 is 0 Å². The topological polar surface area (TPSA) is 102 Å². The van der Waals surface area contributed by atoms with Crippen LogP contribution in [0.15, 0.2) is 24.5 Å². The molecule has 1 aromatic rings. The molecule has 20 heavy (non-hydrogen) atoms. The van der Waals surface area contributed by atoms with Crippen molar-refractivity contribution in [2.45, 2.75) is 31.7 Å². The number of hydrogen-bond donors (Lipinski definition) is 2. The number of primary amides is 1. The van der Waals surface area contributed by atoms with Gasteiger partial charge in [0.1, 0.15) is 11.8 Å². The van der Waals surface area contributed by atoms with Gasteiger partial charge in [0, 0.05) is 30.8 Å². The number of carbonyl (C=O) groups excluding carboxylic acids is 3. The zero-order valence-corrected chi connectivity index (χ0v) is 11.0. The molecule has 3 N–H and O–H groups in total. The number of hydrogen-bond acceptors (Lipinski definition) is 4. The Morgan fingerprint density at radius 1 is 1.35 bits per heavy atom. The molecule has 1 aliphatic rings. The fourth-order valence-electron chi connectivity index (χ4n) is 2.49. The molecule has 0 bridgehead atoms. The maximum atomic E-state index is 12.1. The van der Waals surface area contributed by atoms with Crippen molar-refractivity contribution in [2.24, 2.45) is 11.7 Å². The predicted molar refractivity (Wildman–Crippen MR) is 71.7 cm³/mol. The van der Waals surface area contributed by atoms with E-state index in [4.69, 9.17) is 5.73 Å². The molecule has 0 spiro atoms. The molecule has 2 atom stereocenters. The lowest BCUT2D eigenvalue weighted by Crippen LogP contribution is -2.50. The lowest BCUT2D eigenvalue weighted by atomic mass is 9.82. The lowest BCUT2D eigenvalue weighted by Gasteiger charge is -2.28. The quantitative estimate of drug-likeness (QED) is 0.831. The van der Waals surface area contributed by atoms with Crippen LogP contribution in [0.3, 0.4) is 0 Å². The van der Waals surface area contributed by atoms with E-state index in [1.807, 2.05) is 0 Å². The van der Waals surface area contributed by atoms with Crippen LogP contribution >= 0.6 is 0 Å². The fraction of sp³-hybridized carbons (Fsp3) is 0.429. The van der Waals surface area contributed by atoms with E-state index in [0.29, 0.717) is 18.4 Å². The molecule has 106 valence electrons. The van der Waals surface area contributed by atoms with E-state index in [0.717, 1.165) is 12.8 Å². The Morgan fingerprint density at radius 2 is 2.05 bits per heavy atom. The number of pyridine rings is 1. The number of carbonyl (C=O) groups is 3. The normalized spacial score (nSPS) is 20.2. The maximum Gasteiger partial charge on any atom is 0.252 e. The second-order valence-electron chi connectivity index (χ2n) is 4.98. The highest BCUT2D eigenvalue weighted by molar-refractivity contribution is 5.97. The summed E-state index contributed by atoms with van der Waals surface area (Å²) in [5, 5.41) is 2.63. The van der Waals surface area contributed by atoms with Crippen molar-refractivity contribution in [2.75, 3.05) is 0 Å². The Balaban J connectivity index is 2.08. The number of aromatic nitrogens is 1. The van der Waals surface area contributed by atoms with Crippen LogP contribution in [0.25, 0.3) is 0 Å². The van der Waals surface area contributed by atoms with Crippen LogP contribution in [0.5, 0.6) is 0 Å². The number of ketones is 1. The van der Waals surface area contributed by atoms with Gasteiger partial charge in [-0.3, -0.25) is 19.4 Å². The summed E-state index contributed by atoms with van der Waals surface area (Å²) in [6.07, 6.45) is 5.29. The van der Waals surface area contributed by atoms with Crippen LogP contribution < -0.4 is 11.1 Å². The van der Waals surface area contributed by atoms with Crippen LogP contribution in [0.4, 0.5) is 0 Å². The third-order valence-corrected chi connectivity index (χ3v) is 3.53. The molecular weight excluding hydrogens is 258 g/mol. The van der Waals surface area contributed by atoms with Gasteiger partial charge < -0.3 is 11.1 Å². The zero-order valence-electron chi connectivity index (χ0n) is 11.0. The van der Waals surface area contributed by atoms with Crippen LogP contribution in [0, 0.1) is 5.92 Å². The van der Waals surface area contributed by atoms with Crippen molar-refractivity contribution in [3.8, 4) is 0 Å². The molecule has 0 aromatic carbocycles. The van der Waals surface area contributed by atoms with Gasteiger partial charge in [-0.15, -0.1) is 0 Å². The Bertz CT molecular complexity index is 516. The lowest BCUT2D eigenvalue weighted by molar-refractivity contribution is -0.124. The Labute approximate surface area is 116 Å². The molecule has 0 unspecified atom stereocenters. The van der Waals surface area contributed by atoms with Gasteiger partial charge in [-0.05, 0) is 30.9 Å². The number of nitrogens with two attached hydrogens (primary N) is 1. The smallest absolute Gasteiger partial charge is 0.252 e. The van der Waals surface area contributed by atoms with Crippen LogP contribution in [0.2, 0.25) is 0 Å². The van der Waals surface area contributed by atoms with Crippen LogP contribution in [-0.2, 0) is 9.59 Å². The molecule has 6 nitrogen and oxygen atoms in total. The van der Waals surface area contributed by atoms with Gasteiger partial charge in [-0.2, -0.15) is 0 Å². The molecule has 2 amide bonds. The van der Waals surface area contributed by atoms with E-state index < -0.39 is 11.9 Å². The van der Waals surface area contributed by atoms with E-state index in [-0.39, 0.29) is 17.6 Å². The minimum absolute atomic E-state index is 0.116. The number of amides is 2. The third kappa shape index (κ3) is 3.40. The van der Waals surface area contributed by atoms with Crippen molar-refractivity contribution in [3.63, 3.8) is 0 Å². The minimum Gasteiger partial charge on any atom is -0.368 e. The van der Waals surface area contributed by atoms with Gasteiger partial charge in [0.2, 0.25) is 5.91 Å². The predicted octanol–water partition coefficient (Wildman–Crippen LogP) is 0.425. The van der Waals surface area contributed by atoms with Gasteiger partial charge in [0.05, 0.1) is 0 Å². The van der Waals surface area contributed by atoms with Crippen LogP contribution in [-0.4, -0.2) is 28.6 Å². The van der Waals surface area contributed by atoms with E-state index in [2.05, 4.69) is 10.3 Å². The molecule has 6 heteroatoms. The molecule has 0 aliphatic heterocycles. The molecule has 0 radical (unpaired) electrons. The second-order valence-corrected chi connectivity index (χ2v) is 4.98. The van der Waals surface area contributed by atoms with Crippen molar-refractivity contribution in [3.05, 3.63) is 30.1 Å². The standard InChI is InChI=1S/C14H17N3O3/c15-13(19)12(10-2-1-3-11(18)8-10)17-14(20)9-4-6-16-7-5-9/h4-7,10,12H,1-3,8H2,(H2,15,19)(H,17,20)/t10-,12+/m1/s1. The summed E-state index contributed by atoms with van der Waals surface area (Å²) >= 11 is 0. The van der Waals surface area contributed by atoms with E-state index in [1.54, 1.807) is 12.1 Å². The summed E-state index contributed by atoms with van der Waals surface area (Å²) in [7, 11) is 0. The highest BCUT2D eigenvalue weighted by Crippen LogP contribution is 2.24. The summed E-state index contributed by atoms with van der Waals surface area (Å²) in [6.45, 7) is 0. The zero-order chi connectivity index (χ0) is 14.5. The molecule has 1 saturated carbocycles. The summed E-state index contributed by atoms with van der Waals surface area (Å²) in [5.74, 6) is -1.08. The van der Waals surface area contributed by atoms with E-state index in [9.17, 15) is 14.4 Å². The number of Topliss-reactive ketones (excluding diaryl/α,β-unsaturated/α-hetero) is 1. The first-order valence-corrected chi connectivity index (χ1v) is 6.60. The van der Waals surface area contributed by atoms with Gasteiger partial charge in [0.15, 0.2) is 0 Å². The van der Waals surface area contributed by atoms with Gasteiger partial charge in [0.25, 0.3) is 5.91 Å². The first-order chi connectivity index (χ1) is 9.58. The van der Waals surface area contributed by atoms with Gasteiger partial charge in [-0.1, -0.05) is 0 Å². The van der Waals surface area contributed by atoms with E-state index in [1.165, 1.54) is 12.4 Å². The largest absolute Gasteiger partial charge is 0.368 e.